The molecule has 1 saturated heterocycles. The molecule has 5 heteroatoms. The Kier molecular flexibility index (Phi) is 4.86. The molecule has 0 aromatic carbocycles. The molecule has 5 nitrogen and oxygen atoms in total. The van der Waals surface area contributed by atoms with Crippen molar-refractivity contribution in [2.45, 2.75) is 32.6 Å². The minimum absolute atomic E-state index is 0.291. The van der Waals surface area contributed by atoms with Gasteiger partial charge in [0.1, 0.15) is 11.6 Å². The fourth-order valence-corrected chi connectivity index (χ4v) is 2.92. The molecule has 0 atom stereocenters. The van der Waals surface area contributed by atoms with E-state index in [1.165, 1.54) is 0 Å². The molecule has 1 aliphatic heterocycles. The Morgan fingerprint density at radius 3 is 2.57 bits per heavy atom. The van der Waals surface area contributed by atoms with Gasteiger partial charge in [-0.05, 0) is 37.4 Å². The van der Waals surface area contributed by atoms with Gasteiger partial charge >= 0.3 is 0 Å². The fourth-order valence-electron chi connectivity index (χ4n) is 2.92. The van der Waals surface area contributed by atoms with Crippen LogP contribution in [0.3, 0.4) is 0 Å². The quantitative estimate of drug-likeness (QED) is 0.940. The fraction of sp³-hybridized carbons (Fsp3) is 0.500. The molecule has 2 aromatic heterocycles. The van der Waals surface area contributed by atoms with Crippen molar-refractivity contribution in [3.63, 3.8) is 0 Å². The summed E-state index contributed by atoms with van der Waals surface area (Å²) in [4.78, 5) is 16.3. The van der Waals surface area contributed by atoms with E-state index in [2.05, 4.69) is 29.8 Å². The van der Waals surface area contributed by atoms with Gasteiger partial charge in [-0.1, -0.05) is 19.9 Å². The number of hydrogen-bond donors (Lipinski definition) is 1. The lowest BCUT2D eigenvalue weighted by Gasteiger charge is -2.32. The van der Waals surface area contributed by atoms with Crippen LogP contribution in [-0.4, -0.2) is 34.6 Å². The van der Waals surface area contributed by atoms with Gasteiger partial charge < -0.3 is 10.6 Å². The van der Waals surface area contributed by atoms with Crippen LogP contribution in [0.5, 0.6) is 0 Å². The van der Waals surface area contributed by atoms with E-state index in [1.54, 1.807) is 6.20 Å². The van der Waals surface area contributed by atoms with Crippen molar-refractivity contribution in [3.8, 4) is 11.4 Å². The number of aromatic nitrogens is 3. The standard InChI is InChI=1S/C18H25N5/c1-13(2)18-21-16(15-5-3-4-8-20-15)11-17(22-18)23-9-6-14(12-19)7-10-23/h3-5,8,11,13-14H,6-7,9-10,12,19H2,1-2H3. The van der Waals surface area contributed by atoms with Gasteiger partial charge in [0.25, 0.3) is 0 Å². The average molecular weight is 311 g/mol. The summed E-state index contributed by atoms with van der Waals surface area (Å²) in [6.45, 7) is 7.06. The SMILES string of the molecule is CC(C)c1nc(-c2ccccn2)cc(N2CCC(CN)CC2)n1. The smallest absolute Gasteiger partial charge is 0.134 e. The molecule has 0 amide bonds. The molecule has 122 valence electrons. The van der Waals surface area contributed by atoms with E-state index >= 15 is 0 Å². The predicted molar refractivity (Wildman–Crippen MR) is 93.3 cm³/mol. The average Bonchev–Trinajstić information content (AvgIpc) is 2.62. The third-order valence-corrected chi connectivity index (χ3v) is 4.45. The van der Waals surface area contributed by atoms with Gasteiger partial charge in [-0.3, -0.25) is 4.98 Å². The van der Waals surface area contributed by atoms with Crippen molar-refractivity contribution in [1.29, 1.82) is 0 Å². The van der Waals surface area contributed by atoms with Crippen LogP contribution in [0.2, 0.25) is 0 Å². The Labute approximate surface area is 138 Å². The van der Waals surface area contributed by atoms with Gasteiger partial charge in [0.15, 0.2) is 0 Å². The first-order valence-electron chi connectivity index (χ1n) is 8.42. The highest BCUT2D eigenvalue weighted by molar-refractivity contribution is 5.59. The van der Waals surface area contributed by atoms with Crippen molar-refractivity contribution in [1.82, 2.24) is 15.0 Å². The Hall–Kier alpha value is -2.01. The zero-order valence-corrected chi connectivity index (χ0v) is 13.9. The molecule has 0 saturated carbocycles. The lowest BCUT2D eigenvalue weighted by atomic mass is 9.97. The normalized spacial score (nSPS) is 16.1. The lowest BCUT2D eigenvalue weighted by Crippen LogP contribution is -2.36. The van der Waals surface area contributed by atoms with Crippen molar-refractivity contribution in [3.05, 3.63) is 36.3 Å². The lowest BCUT2D eigenvalue weighted by molar-refractivity contribution is 0.412. The van der Waals surface area contributed by atoms with Crippen molar-refractivity contribution < 1.29 is 0 Å². The van der Waals surface area contributed by atoms with Gasteiger partial charge in [-0.2, -0.15) is 0 Å². The van der Waals surface area contributed by atoms with E-state index in [-0.39, 0.29) is 0 Å². The summed E-state index contributed by atoms with van der Waals surface area (Å²) in [7, 11) is 0. The van der Waals surface area contributed by atoms with Crippen molar-refractivity contribution in [2.24, 2.45) is 11.7 Å². The number of piperidine rings is 1. The molecule has 0 bridgehead atoms. The van der Waals surface area contributed by atoms with Crippen LogP contribution in [-0.2, 0) is 0 Å². The first-order chi connectivity index (χ1) is 11.2. The summed E-state index contributed by atoms with van der Waals surface area (Å²) in [5, 5.41) is 0. The van der Waals surface area contributed by atoms with Gasteiger partial charge in [0.05, 0.1) is 11.4 Å². The molecule has 3 rings (SSSR count). The largest absolute Gasteiger partial charge is 0.356 e. The Balaban J connectivity index is 1.92. The first-order valence-corrected chi connectivity index (χ1v) is 8.42. The molecule has 0 radical (unpaired) electrons. The second-order valence-corrected chi connectivity index (χ2v) is 6.51. The zero-order valence-electron chi connectivity index (χ0n) is 13.9. The van der Waals surface area contributed by atoms with Gasteiger partial charge in [0.2, 0.25) is 0 Å². The first kappa shape index (κ1) is 15.9. The highest BCUT2D eigenvalue weighted by Crippen LogP contribution is 2.26. The van der Waals surface area contributed by atoms with Crippen LogP contribution in [0.25, 0.3) is 11.4 Å². The van der Waals surface area contributed by atoms with E-state index < -0.39 is 0 Å². The molecular weight excluding hydrogens is 286 g/mol. The van der Waals surface area contributed by atoms with Crippen molar-refractivity contribution >= 4 is 5.82 Å². The maximum absolute atomic E-state index is 5.80. The number of nitrogens with zero attached hydrogens (tertiary/aromatic N) is 4. The van der Waals surface area contributed by atoms with E-state index in [1.807, 2.05) is 18.2 Å². The van der Waals surface area contributed by atoms with Gasteiger partial charge in [0, 0.05) is 31.3 Å². The van der Waals surface area contributed by atoms with Crippen LogP contribution in [0.15, 0.2) is 30.5 Å². The maximum Gasteiger partial charge on any atom is 0.134 e. The van der Waals surface area contributed by atoms with Gasteiger partial charge in [-0.15, -0.1) is 0 Å². The number of rotatable bonds is 4. The molecule has 0 spiro atoms. The van der Waals surface area contributed by atoms with Crippen LogP contribution in [0.4, 0.5) is 5.82 Å². The molecule has 23 heavy (non-hydrogen) atoms. The Bertz CT molecular complexity index is 633. The summed E-state index contributed by atoms with van der Waals surface area (Å²) in [5.74, 6) is 2.83. The highest BCUT2D eigenvalue weighted by atomic mass is 15.2. The van der Waals surface area contributed by atoms with Crippen LogP contribution >= 0.6 is 0 Å². The molecule has 3 heterocycles. The summed E-state index contributed by atoms with van der Waals surface area (Å²) >= 11 is 0. The van der Waals surface area contributed by atoms with E-state index in [4.69, 9.17) is 15.7 Å². The molecule has 1 aliphatic rings. The summed E-state index contributed by atoms with van der Waals surface area (Å²) < 4.78 is 0. The third-order valence-electron chi connectivity index (χ3n) is 4.45. The molecule has 2 aromatic rings. The number of nitrogens with two attached hydrogens (primary N) is 1. The summed E-state index contributed by atoms with van der Waals surface area (Å²) in [6.07, 6.45) is 4.08. The van der Waals surface area contributed by atoms with Crippen molar-refractivity contribution in [2.75, 3.05) is 24.5 Å². The zero-order chi connectivity index (χ0) is 16.2. The number of pyridine rings is 1. The van der Waals surface area contributed by atoms with E-state index in [0.29, 0.717) is 11.8 Å². The Morgan fingerprint density at radius 2 is 1.96 bits per heavy atom. The topological polar surface area (TPSA) is 67.9 Å². The molecule has 0 aliphatic carbocycles. The molecule has 0 unspecified atom stereocenters. The third kappa shape index (κ3) is 3.67. The van der Waals surface area contributed by atoms with E-state index in [9.17, 15) is 0 Å². The molecule has 2 N–H and O–H groups in total. The maximum atomic E-state index is 5.80. The number of hydrogen-bond acceptors (Lipinski definition) is 5. The molecular formula is C18H25N5. The highest BCUT2D eigenvalue weighted by Gasteiger charge is 2.21. The minimum Gasteiger partial charge on any atom is -0.356 e. The predicted octanol–water partition coefficient (Wildman–Crippen LogP) is 2.84. The van der Waals surface area contributed by atoms with Crippen LogP contribution < -0.4 is 10.6 Å². The van der Waals surface area contributed by atoms with Crippen LogP contribution in [0.1, 0.15) is 38.4 Å². The minimum atomic E-state index is 0.291. The Morgan fingerprint density at radius 1 is 1.17 bits per heavy atom. The van der Waals surface area contributed by atoms with Crippen LogP contribution in [0, 0.1) is 5.92 Å². The summed E-state index contributed by atoms with van der Waals surface area (Å²) in [6, 6.07) is 7.98. The number of anilines is 1. The molecule has 1 fully saturated rings. The van der Waals surface area contributed by atoms with E-state index in [0.717, 1.165) is 55.5 Å². The second kappa shape index (κ2) is 7.04. The monoisotopic (exact) mass is 311 g/mol. The second-order valence-electron chi connectivity index (χ2n) is 6.51. The summed E-state index contributed by atoms with van der Waals surface area (Å²) in [5.41, 5.74) is 7.60. The van der Waals surface area contributed by atoms with Gasteiger partial charge in [-0.25, -0.2) is 9.97 Å².